The van der Waals surface area contributed by atoms with E-state index in [-0.39, 0.29) is 16.2 Å². The van der Waals surface area contributed by atoms with E-state index in [1.165, 1.54) is 72.3 Å². The Hall–Kier alpha value is -4.68. The molecule has 6 rings (SSSR count). The van der Waals surface area contributed by atoms with Crippen molar-refractivity contribution in [1.29, 1.82) is 0 Å². The van der Waals surface area contributed by atoms with Crippen LogP contribution in [0.2, 0.25) is 0 Å². The summed E-state index contributed by atoms with van der Waals surface area (Å²) in [6, 6.07) is 50.9. The van der Waals surface area contributed by atoms with E-state index in [1.807, 2.05) is 0 Å². The third-order valence-electron chi connectivity index (χ3n) is 11.0. The maximum atomic E-state index is 2.32. The normalized spacial score (nSPS) is 11.6. The van der Waals surface area contributed by atoms with Gasteiger partial charge >= 0.3 is 0 Å². The Bertz CT molecular complexity index is 1920. The molecule has 0 N–H and O–H groups in total. The Morgan fingerprint density at radius 3 is 0.923 bits per heavy atom. The van der Waals surface area contributed by atoms with Crippen LogP contribution in [0.1, 0.15) is 114 Å². The Morgan fingerprint density at radius 2 is 0.596 bits per heavy atom. The molecule has 0 saturated heterocycles. The highest BCUT2D eigenvalue weighted by atomic mass is 14.3. The Kier molecular flexibility index (Phi) is 12.9. The van der Waals surface area contributed by atoms with E-state index < -0.39 is 0 Å². The predicted molar refractivity (Wildman–Crippen MR) is 228 cm³/mol. The average molecular weight is 687 g/mol. The first-order chi connectivity index (χ1) is 24.4. The van der Waals surface area contributed by atoms with Gasteiger partial charge in [0.25, 0.3) is 0 Å². The summed E-state index contributed by atoms with van der Waals surface area (Å²) >= 11 is 0. The van der Waals surface area contributed by atoms with Crippen LogP contribution in [-0.4, -0.2) is 0 Å². The fraction of sp³-hybridized carbons (Fsp3) is 0.308. The highest BCUT2D eigenvalue weighted by molar-refractivity contribution is 5.50. The van der Waals surface area contributed by atoms with E-state index in [9.17, 15) is 0 Å². The van der Waals surface area contributed by atoms with Crippen molar-refractivity contribution in [2.45, 2.75) is 106 Å². The lowest BCUT2D eigenvalue weighted by atomic mass is 9.71. The molecule has 0 unspecified atom stereocenters. The van der Waals surface area contributed by atoms with Gasteiger partial charge in [-0.3, -0.25) is 0 Å². The van der Waals surface area contributed by atoms with E-state index in [4.69, 9.17) is 0 Å². The van der Waals surface area contributed by atoms with Gasteiger partial charge in [0.05, 0.1) is 0 Å². The molecule has 270 valence electrons. The molecular weight excluding hydrogens is 625 g/mol. The first kappa shape index (κ1) is 40.1. The summed E-state index contributed by atoms with van der Waals surface area (Å²) < 4.78 is 0. The van der Waals surface area contributed by atoms with Gasteiger partial charge in [-0.2, -0.15) is 0 Å². The molecule has 0 radical (unpaired) electrons. The summed E-state index contributed by atoms with van der Waals surface area (Å²) in [6.45, 7) is 28.7. The fourth-order valence-corrected chi connectivity index (χ4v) is 6.53. The summed E-state index contributed by atoms with van der Waals surface area (Å²) in [4.78, 5) is 0. The van der Waals surface area contributed by atoms with Crippen molar-refractivity contribution < 1.29 is 0 Å². The molecule has 0 amide bonds. The van der Waals surface area contributed by atoms with Gasteiger partial charge in [0, 0.05) is 10.8 Å². The second-order valence-corrected chi connectivity index (χ2v) is 16.6. The number of rotatable bonds is 5. The highest BCUT2D eigenvalue weighted by Gasteiger charge is 2.31. The highest BCUT2D eigenvalue weighted by Crippen LogP contribution is 2.39. The van der Waals surface area contributed by atoms with Gasteiger partial charge in [0.2, 0.25) is 0 Å². The minimum atomic E-state index is -0.136. The second kappa shape index (κ2) is 16.8. The first-order valence-corrected chi connectivity index (χ1v) is 18.9. The molecule has 6 aromatic carbocycles. The molecule has 0 spiro atoms. The third-order valence-corrected chi connectivity index (χ3v) is 11.0. The summed E-state index contributed by atoms with van der Waals surface area (Å²) in [6.07, 6.45) is 0. The largest absolute Gasteiger partial charge is 0.0622 e. The van der Waals surface area contributed by atoms with Crippen molar-refractivity contribution >= 4 is 0 Å². The van der Waals surface area contributed by atoms with Crippen molar-refractivity contribution in [1.82, 2.24) is 0 Å². The molecule has 0 fully saturated rings. The number of aryl methyl sites for hydroxylation is 7. The topological polar surface area (TPSA) is 0 Å². The zero-order chi connectivity index (χ0) is 38.3. The fourth-order valence-electron chi connectivity index (χ4n) is 6.53. The van der Waals surface area contributed by atoms with Crippen LogP contribution in [0, 0.1) is 48.5 Å². The zero-order valence-electron chi connectivity index (χ0n) is 34.3. The lowest BCUT2D eigenvalue weighted by molar-refractivity contribution is 0.590. The molecular formula is C52H62. The molecule has 0 aromatic heterocycles. The quantitative estimate of drug-likeness (QED) is 0.158. The predicted octanol–water partition coefficient (Wildman–Crippen LogP) is 14.2. The Labute approximate surface area is 317 Å². The van der Waals surface area contributed by atoms with Gasteiger partial charge in [0.1, 0.15) is 0 Å². The van der Waals surface area contributed by atoms with E-state index in [2.05, 4.69) is 230 Å². The molecule has 0 bridgehead atoms. The maximum absolute atomic E-state index is 2.32. The molecule has 0 heterocycles. The number of benzene rings is 6. The molecule has 0 heteroatoms. The van der Waals surface area contributed by atoms with Gasteiger partial charge in [-0.25, -0.2) is 0 Å². The van der Waals surface area contributed by atoms with Gasteiger partial charge in [-0.15, -0.1) is 0 Å². The minimum Gasteiger partial charge on any atom is -0.0622 e. The van der Waals surface area contributed by atoms with Crippen LogP contribution in [0.25, 0.3) is 0 Å². The lowest BCUT2D eigenvalue weighted by Crippen LogP contribution is -2.25. The first-order valence-electron chi connectivity index (χ1n) is 18.9. The summed E-state index contributed by atoms with van der Waals surface area (Å²) in [5, 5.41) is 0. The van der Waals surface area contributed by atoms with Crippen LogP contribution in [0.5, 0.6) is 0 Å². The van der Waals surface area contributed by atoms with Crippen LogP contribution in [0.15, 0.2) is 140 Å². The monoisotopic (exact) mass is 686 g/mol. The molecule has 52 heavy (non-hydrogen) atoms. The van der Waals surface area contributed by atoms with Gasteiger partial charge in [-0.05, 0) is 116 Å². The van der Waals surface area contributed by atoms with Crippen molar-refractivity contribution in [3.05, 3.63) is 212 Å². The van der Waals surface area contributed by atoms with Gasteiger partial charge in [-0.1, -0.05) is 191 Å². The summed E-state index contributed by atoms with van der Waals surface area (Å²) in [5.74, 6) is 0. The molecule has 6 aromatic rings. The van der Waals surface area contributed by atoms with Gasteiger partial charge < -0.3 is 0 Å². The molecule has 0 saturated carbocycles. The number of hydrogen-bond acceptors (Lipinski definition) is 0. The maximum Gasteiger partial charge on any atom is 0.0423 e. The third kappa shape index (κ3) is 9.80. The molecule has 0 nitrogen and oxygen atoms in total. The Morgan fingerprint density at radius 1 is 0.288 bits per heavy atom. The smallest absolute Gasteiger partial charge is 0.0423 e. The van der Waals surface area contributed by atoms with Crippen molar-refractivity contribution in [2.75, 3.05) is 0 Å². The van der Waals surface area contributed by atoms with Crippen LogP contribution >= 0.6 is 0 Å². The van der Waals surface area contributed by atoms with E-state index in [0.29, 0.717) is 0 Å². The Balaban J connectivity index is 0.000000184. The molecule has 0 aliphatic carbocycles. The SMILES string of the molecule is Cc1ccc(C(C)(C)C)cc1.Cc1ccc(C(C)(C)c2ccc(C)c(C)c2)cc1C.Cc1ccc(C(C)(c2ccccc2)c2ccc(C)cc2)cc1. The zero-order valence-corrected chi connectivity index (χ0v) is 34.3. The van der Waals surface area contributed by atoms with E-state index in [1.54, 1.807) is 0 Å². The van der Waals surface area contributed by atoms with Crippen molar-refractivity contribution in [3.63, 3.8) is 0 Å². The van der Waals surface area contributed by atoms with Crippen LogP contribution < -0.4 is 0 Å². The van der Waals surface area contributed by atoms with E-state index >= 15 is 0 Å². The van der Waals surface area contributed by atoms with Crippen LogP contribution in [0.3, 0.4) is 0 Å². The number of hydrogen-bond donors (Lipinski definition) is 0. The standard InChI is InChI=1S/C22H22.C19H24.C11H16/c1-17-9-13-20(14-10-17)22(3,19-7-5-4-6-8-19)21-15-11-18(2)12-16-21;1-13-7-9-17(11-15(13)3)19(5,6)18-10-8-14(2)16(4)12-18;1-9-5-7-10(8-6-9)11(2,3)4/h4-16H,1-3H3;7-12H,1-6H3;5-8H,1-4H3. The van der Waals surface area contributed by atoms with Gasteiger partial charge in [0.15, 0.2) is 0 Å². The molecule has 0 aliphatic heterocycles. The lowest BCUT2D eigenvalue weighted by Gasteiger charge is -2.32. The minimum absolute atomic E-state index is 0.0525. The summed E-state index contributed by atoms with van der Waals surface area (Å²) in [5.41, 5.74) is 17.7. The van der Waals surface area contributed by atoms with Crippen LogP contribution in [0.4, 0.5) is 0 Å². The van der Waals surface area contributed by atoms with Crippen molar-refractivity contribution in [2.24, 2.45) is 0 Å². The van der Waals surface area contributed by atoms with E-state index in [0.717, 1.165) is 0 Å². The van der Waals surface area contributed by atoms with Crippen LogP contribution in [-0.2, 0) is 16.2 Å². The molecule has 0 aliphatic rings. The average Bonchev–Trinajstić information content (AvgIpc) is 3.11. The summed E-state index contributed by atoms with van der Waals surface area (Å²) in [7, 11) is 0. The second-order valence-electron chi connectivity index (χ2n) is 16.6. The van der Waals surface area contributed by atoms with Crippen molar-refractivity contribution in [3.8, 4) is 0 Å². The molecule has 0 atom stereocenters.